The van der Waals surface area contributed by atoms with Crippen molar-refractivity contribution in [2.45, 2.75) is 19.3 Å². The molecule has 5 nitrogen and oxygen atoms in total. The third kappa shape index (κ3) is 2.53. The summed E-state index contributed by atoms with van der Waals surface area (Å²) in [5, 5.41) is 0. The number of hydrogen-bond donors (Lipinski definition) is 1. The van der Waals surface area contributed by atoms with Crippen molar-refractivity contribution in [3.05, 3.63) is 44.8 Å². The van der Waals surface area contributed by atoms with Gasteiger partial charge in [-0.1, -0.05) is 6.08 Å². The molecular formula is C11H14N2O3S. The Morgan fingerprint density at radius 2 is 2.24 bits per heavy atom. The summed E-state index contributed by atoms with van der Waals surface area (Å²) in [6.45, 7) is 1.66. The van der Waals surface area contributed by atoms with E-state index in [0.717, 1.165) is 5.75 Å². The van der Waals surface area contributed by atoms with Crippen LogP contribution in [0.25, 0.3) is 0 Å². The third-order valence-electron chi connectivity index (χ3n) is 2.56. The lowest BCUT2D eigenvalue weighted by atomic mass is 10.3. The van der Waals surface area contributed by atoms with Gasteiger partial charge in [-0.3, -0.25) is 14.3 Å². The first-order valence-electron chi connectivity index (χ1n) is 5.26. The molecule has 0 saturated carbocycles. The smallest absolute Gasteiger partial charge is 0.330 e. The molecule has 0 saturated heterocycles. The molecule has 1 aliphatic heterocycles. The first kappa shape index (κ1) is 12.2. The maximum Gasteiger partial charge on any atom is 0.330 e. The monoisotopic (exact) mass is 254 g/mol. The first-order valence-corrected chi connectivity index (χ1v) is 6.66. The van der Waals surface area contributed by atoms with E-state index in [0.29, 0.717) is 5.56 Å². The second-order valence-electron chi connectivity index (χ2n) is 3.88. The van der Waals surface area contributed by atoms with Crippen LogP contribution in [0, 0.1) is 6.92 Å². The van der Waals surface area contributed by atoms with Gasteiger partial charge in [-0.2, -0.15) is 11.8 Å². The largest absolute Gasteiger partial charge is 0.346 e. The van der Waals surface area contributed by atoms with Crippen LogP contribution >= 0.6 is 11.8 Å². The molecule has 1 aromatic heterocycles. The molecule has 0 radical (unpaired) electrons. The summed E-state index contributed by atoms with van der Waals surface area (Å²) in [6.07, 6.45) is 6.90. The molecule has 0 aromatic carbocycles. The average molecular weight is 254 g/mol. The Hall–Kier alpha value is -1.27. The topological polar surface area (TPSA) is 64.1 Å². The molecule has 2 heterocycles. The SMILES string of the molecule is CSC[C@@H]1C=C[C@H](n2cc(C)c(=O)[nH]c2=O)O1. The molecule has 0 aliphatic carbocycles. The Balaban J connectivity index is 2.26. The first-order chi connectivity index (χ1) is 8.11. The van der Waals surface area contributed by atoms with Crippen molar-refractivity contribution < 1.29 is 4.74 Å². The predicted molar refractivity (Wildman–Crippen MR) is 67.5 cm³/mol. The van der Waals surface area contributed by atoms with E-state index >= 15 is 0 Å². The average Bonchev–Trinajstić information content (AvgIpc) is 2.72. The van der Waals surface area contributed by atoms with Crippen LogP contribution in [0.5, 0.6) is 0 Å². The van der Waals surface area contributed by atoms with Gasteiger partial charge in [0.2, 0.25) is 0 Å². The van der Waals surface area contributed by atoms with Crippen molar-refractivity contribution in [1.82, 2.24) is 9.55 Å². The standard InChI is InChI=1S/C11H14N2O3S/c1-7-5-13(11(15)12-10(7)14)9-4-3-8(16-9)6-17-2/h3-5,8-9H,6H2,1-2H3,(H,12,14,15)/t8-,9+/m0/s1. The van der Waals surface area contributed by atoms with Crippen molar-refractivity contribution in [2.75, 3.05) is 12.0 Å². The second-order valence-corrected chi connectivity index (χ2v) is 4.79. The normalized spacial score (nSPS) is 23.2. The summed E-state index contributed by atoms with van der Waals surface area (Å²) >= 11 is 1.68. The zero-order valence-corrected chi connectivity index (χ0v) is 10.5. The maximum atomic E-state index is 11.6. The van der Waals surface area contributed by atoms with Crippen molar-refractivity contribution in [1.29, 1.82) is 0 Å². The van der Waals surface area contributed by atoms with Gasteiger partial charge >= 0.3 is 5.69 Å². The highest BCUT2D eigenvalue weighted by Gasteiger charge is 2.21. The number of aromatic amines is 1. The predicted octanol–water partition coefficient (Wildman–Crippen LogP) is 0.662. The highest BCUT2D eigenvalue weighted by molar-refractivity contribution is 7.98. The summed E-state index contributed by atoms with van der Waals surface area (Å²) in [6, 6.07) is 0. The molecule has 6 heteroatoms. The Morgan fingerprint density at radius 3 is 2.94 bits per heavy atom. The molecule has 1 N–H and O–H groups in total. The van der Waals surface area contributed by atoms with Crippen LogP contribution in [0.4, 0.5) is 0 Å². The van der Waals surface area contributed by atoms with Crippen molar-refractivity contribution in [2.24, 2.45) is 0 Å². The number of aryl methyl sites for hydroxylation is 1. The van der Waals surface area contributed by atoms with E-state index in [1.165, 1.54) is 10.8 Å². The third-order valence-corrected chi connectivity index (χ3v) is 3.22. The molecule has 17 heavy (non-hydrogen) atoms. The minimum absolute atomic E-state index is 0.0223. The Kier molecular flexibility index (Phi) is 3.54. The zero-order chi connectivity index (χ0) is 12.4. The molecule has 2 atom stereocenters. The summed E-state index contributed by atoms with van der Waals surface area (Å²) in [5.74, 6) is 0.851. The van der Waals surface area contributed by atoms with Crippen LogP contribution < -0.4 is 11.2 Å². The molecular weight excluding hydrogens is 240 g/mol. The minimum atomic E-state index is -0.444. The summed E-state index contributed by atoms with van der Waals surface area (Å²) < 4.78 is 7.07. The summed E-state index contributed by atoms with van der Waals surface area (Å²) in [5.41, 5.74) is -0.302. The van der Waals surface area contributed by atoms with E-state index in [1.807, 2.05) is 18.4 Å². The number of H-pyrrole nitrogens is 1. The van der Waals surface area contributed by atoms with Gasteiger partial charge < -0.3 is 4.74 Å². The van der Waals surface area contributed by atoms with Gasteiger partial charge in [-0.25, -0.2) is 4.79 Å². The van der Waals surface area contributed by atoms with Crippen LogP contribution in [0.3, 0.4) is 0 Å². The Morgan fingerprint density at radius 1 is 1.47 bits per heavy atom. The summed E-state index contributed by atoms with van der Waals surface area (Å²) in [7, 11) is 0. The highest BCUT2D eigenvalue weighted by Crippen LogP contribution is 2.21. The lowest BCUT2D eigenvalue weighted by Crippen LogP contribution is -2.33. The molecule has 1 aromatic rings. The quantitative estimate of drug-likeness (QED) is 0.805. The van der Waals surface area contributed by atoms with E-state index in [2.05, 4.69) is 4.98 Å². The number of rotatable bonds is 3. The number of ether oxygens (including phenoxy) is 1. The van der Waals surface area contributed by atoms with Crippen LogP contribution in [-0.4, -0.2) is 27.7 Å². The molecule has 1 aliphatic rings. The summed E-state index contributed by atoms with van der Waals surface area (Å²) in [4.78, 5) is 25.1. The van der Waals surface area contributed by atoms with Crippen molar-refractivity contribution >= 4 is 11.8 Å². The molecule has 92 valence electrons. The second kappa shape index (κ2) is 4.93. The molecule has 0 amide bonds. The number of thioether (sulfide) groups is 1. The van der Waals surface area contributed by atoms with Crippen LogP contribution in [0.1, 0.15) is 11.8 Å². The fourth-order valence-corrected chi connectivity index (χ4v) is 2.20. The van der Waals surface area contributed by atoms with Gasteiger partial charge in [0.15, 0.2) is 6.23 Å². The Bertz CT molecular complexity index is 546. The highest BCUT2D eigenvalue weighted by atomic mass is 32.2. The van der Waals surface area contributed by atoms with Gasteiger partial charge in [0.05, 0.1) is 6.10 Å². The van der Waals surface area contributed by atoms with E-state index in [-0.39, 0.29) is 11.7 Å². The minimum Gasteiger partial charge on any atom is -0.346 e. The van der Waals surface area contributed by atoms with E-state index in [9.17, 15) is 9.59 Å². The van der Waals surface area contributed by atoms with Gasteiger partial charge in [0.25, 0.3) is 5.56 Å². The maximum absolute atomic E-state index is 11.6. The molecule has 0 bridgehead atoms. The zero-order valence-electron chi connectivity index (χ0n) is 9.67. The number of nitrogens with zero attached hydrogens (tertiary/aromatic N) is 1. The molecule has 2 rings (SSSR count). The molecule has 0 unspecified atom stereocenters. The van der Waals surface area contributed by atoms with Crippen LogP contribution in [-0.2, 0) is 4.74 Å². The van der Waals surface area contributed by atoms with Gasteiger partial charge in [0, 0.05) is 17.5 Å². The molecule has 0 spiro atoms. The fourth-order valence-electron chi connectivity index (χ4n) is 1.68. The number of aromatic nitrogens is 2. The lowest BCUT2D eigenvalue weighted by Gasteiger charge is -2.15. The fraction of sp³-hybridized carbons (Fsp3) is 0.455. The van der Waals surface area contributed by atoms with Gasteiger partial charge in [-0.05, 0) is 19.3 Å². The number of hydrogen-bond acceptors (Lipinski definition) is 4. The van der Waals surface area contributed by atoms with E-state index in [4.69, 9.17) is 4.74 Å². The Labute approximate surface area is 102 Å². The van der Waals surface area contributed by atoms with Crippen LogP contribution in [0.2, 0.25) is 0 Å². The van der Waals surface area contributed by atoms with E-state index in [1.54, 1.807) is 18.7 Å². The lowest BCUT2D eigenvalue weighted by molar-refractivity contribution is 0.0266. The molecule has 0 fully saturated rings. The van der Waals surface area contributed by atoms with Gasteiger partial charge in [-0.15, -0.1) is 0 Å². The van der Waals surface area contributed by atoms with Crippen molar-refractivity contribution in [3.8, 4) is 0 Å². The van der Waals surface area contributed by atoms with Crippen molar-refractivity contribution in [3.63, 3.8) is 0 Å². The van der Waals surface area contributed by atoms with Crippen LogP contribution in [0.15, 0.2) is 27.9 Å². The van der Waals surface area contributed by atoms with E-state index < -0.39 is 11.9 Å². The number of nitrogens with one attached hydrogen (secondary N) is 1. The van der Waals surface area contributed by atoms with Gasteiger partial charge in [0.1, 0.15) is 0 Å².